The largest absolute Gasteiger partial charge is 0.497 e. The fourth-order valence-corrected chi connectivity index (χ4v) is 1.15. The third kappa shape index (κ3) is 1.03. The molecule has 0 saturated heterocycles. The zero-order chi connectivity index (χ0) is 8.55. The van der Waals surface area contributed by atoms with Crippen molar-refractivity contribution in [3.8, 4) is 5.75 Å². The summed E-state index contributed by atoms with van der Waals surface area (Å²) in [5.41, 5.74) is 1.64. The van der Waals surface area contributed by atoms with Gasteiger partial charge in [0.2, 0.25) is 0 Å². The molecule has 1 aromatic carbocycles. The molecule has 1 heterocycles. The summed E-state index contributed by atoms with van der Waals surface area (Å²) >= 11 is 0. The molecule has 0 aliphatic carbocycles. The van der Waals surface area contributed by atoms with Crippen molar-refractivity contribution in [2.24, 2.45) is 0 Å². The lowest BCUT2D eigenvalue weighted by atomic mass is 10.3. The first-order valence-corrected chi connectivity index (χ1v) is 3.71. The Morgan fingerprint density at radius 3 is 3.00 bits per heavy atom. The highest BCUT2D eigenvalue weighted by atomic mass is 16.5. The highest BCUT2D eigenvalue weighted by Gasteiger charge is 2.01. The smallest absolute Gasteiger partial charge is 0.192 e. The van der Waals surface area contributed by atoms with Gasteiger partial charge in [-0.15, -0.1) is 0 Å². The Hall–Kier alpha value is -1.51. The van der Waals surface area contributed by atoms with E-state index in [1.165, 1.54) is 0 Å². The van der Waals surface area contributed by atoms with Crippen molar-refractivity contribution in [2.45, 2.75) is 6.92 Å². The van der Waals surface area contributed by atoms with Crippen LogP contribution in [0.5, 0.6) is 5.75 Å². The van der Waals surface area contributed by atoms with E-state index >= 15 is 0 Å². The van der Waals surface area contributed by atoms with Crippen molar-refractivity contribution in [3.05, 3.63) is 24.1 Å². The normalized spacial score (nSPS) is 10.5. The van der Waals surface area contributed by atoms with E-state index in [0.29, 0.717) is 5.89 Å². The summed E-state index contributed by atoms with van der Waals surface area (Å²) < 4.78 is 10.4. The molecule has 0 aliphatic heterocycles. The predicted octanol–water partition coefficient (Wildman–Crippen LogP) is 2.14. The first-order valence-electron chi connectivity index (χ1n) is 3.71. The molecule has 12 heavy (non-hydrogen) atoms. The number of aromatic nitrogens is 1. The van der Waals surface area contributed by atoms with Gasteiger partial charge in [-0.2, -0.15) is 0 Å². The number of hydrogen-bond acceptors (Lipinski definition) is 3. The Morgan fingerprint density at radius 2 is 2.25 bits per heavy atom. The van der Waals surface area contributed by atoms with E-state index in [0.717, 1.165) is 16.8 Å². The second-order valence-electron chi connectivity index (χ2n) is 2.57. The van der Waals surface area contributed by atoms with Crippen molar-refractivity contribution in [1.29, 1.82) is 0 Å². The minimum Gasteiger partial charge on any atom is -0.497 e. The zero-order valence-electron chi connectivity index (χ0n) is 7.00. The summed E-state index contributed by atoms with van der Waals surface area (Å²) in [5, 5.41) is 0. The lowest BCUT2D eigenvalue weighted by Crippen LogP contribution is -1.80. The molecule has 1 aromatic heterocycles. The van der Waals surface area contributed by atoms with Crippen LogP contribution in [0.1, 0.15) is 5.89 Å². The number of aryl methyl sites for hydroxylation is 1. The maximum atomic E-state index is 5.30. The number of benzene rings is 1. The van der Waals surface area contributed by atoms with Crippen LogP contribution < -0.4 is 4.74 Å². The van der Waals surface area contributed by atoms with Crippen molar-refractivity contribution in [3.63, 3.8) is 0 Å². The molecule has 0 aliphatic rings. The SMILES string of the molecule is COc1ccc2oc(C)nc2c1. The molecule has 0 fully saturated rings. The van der Waals surface area contributed by atoms with Crippen LogP contribution in [-0.2, 0) is 0 Å². The third-order valence-corrected chi connectivity index (χ3v) is 1.70. The van der Waals surface area contributed by atoms with E-state index in [4.69, 9.17) is 9.15 Å². The van der Waals surface area contributed by atoms with Crippen molar-refractivity contribution in [1.82, 2.24) is 4.98 Å². The van der Waals surface area contributed by atoms with Gasteiger partial charge >= 0.3 is 0 Å². The molecule has 0 saturated carbocycles. The Bertz CT molecular complexity index is 406. The van der Waals surface area contributed by atoms with Gasteiger partial charge in [-0.1, -0.05) is 0 Å². The quantitative estimate of drug-likeness (QED) is 0.646. The molecule has 2 aromatic rings. The lowest BCUT2D eigenvalue weighted by molar-refractivity contribution is 0.415. The highest BCUT2D eigenvalue weighted by Crippen LogP contribution is 2.20. The first kappa shape index (κ1) is 7.16. The molecule has 0 spiro atoms. The summed E-state index contributed by atoms with van der Waals surface area (Å²) in [4.78, 5) is 4.18. The van der Waals surface area contributed by atoms with Crippen LogP contribution in [0.15, 0.2) is 22.6 Å². The molecular formula is C9H9NO2. The minimum absolute atomic E-state index is 0.679. The van der Waals surface area contributed by atoms with Gasteiger partial charge in [-0.3, -0.25) is 0 Å². The molecule has 3 heteroatoms. The van der Waals surface area contributed by atoms with Gasteiger partial charge in [-0.05, 0) is 12.1 Å². The van der Waals surface area contributed by atoms with Crippen LogP contribution in [0.4, 0.5) is 0 Å². The molecule has 0 N–H and O–H groups in total. The average molecular weight is 163 g/mol. The van der Waals surface area contributed by atoms with Gasteiger partial charge < -0.3 is 9.15 Å². The molecule has 3 nitrogen and oxygen atoms in total. The van der Waals surface area contributed by atoms with Gasteiger partial charge in [-0.25, -0.2) is 4.98 Å². The van der Waals surface area contributed by atoms with Crippen LogP contribution in [0, 0.1) is 6.92 Å². The second kappa shape index (κ2) is 2.52. The maximum Gasteiger partial charge on any atom is 0.192 e. The van der Waals surface area contributed by atoms with Gasteiger partial charge in [0.15, 0.2) is 11.5 Å². The van der Waals surface area contributed by atoms with Gasteiger partial charge in [0.25, 0.3) is 0 Å². The first-order chi connectivity index (χ1) is 5.79. The van der Waals surface area contributed by atoms with Crippen molar-refractivity contribution >= 4 is 11.1 Å². The third-order valence-electron chi connectivity index (χ3n) is 1.70. The molecule has 62 valence electrons. The number of hydrogen-bond donors (Lipinski definition) is 0. The maximum absolute atomic E-state index is 5.30. The Labute approximate surface area is 70.0 Å². The van der Waals surface area contributed by atoms with Crippen molar-refractivity contribution < 1.29 is 9.15 Å². The van der Waals surface area contributed by atoms with Crippen molar-refractivity contribution in [2.75, 3.05) is 7.11 Å². The van der Waals surface area contributed by atoms with Gasteiger partial charge in [0, 0.05) is 13.0 Å². The topological polar surface area (TPSA) is 35.3 Å². The Balaban J connectivity index is 2.66. The number of fused-ring (bicyclic) bond motifs is 1. The summed E-state index contributed by atoms with van der Waals surface area (Å²) in [5.74, 6) is 1.48. The van der Waals surface area contributed by atoms with E-state index in [1.807, 2.05) is 25.1 Å². The van der Waals surface area contributed by atoms with Crippen LogP contribution >= 0.6 is 0 Å². The summed E-state index contributed by atoms with van der Waals surface area (Å²) in [6.07, 6.45) is 0. The van der Waals surface area contributed by atoms with Gasteiger partial charge in [0.1, 0.15) is 11.3 Å². The number of oxazole rings is 1. The monoisotopic (exact) mass is 163 g/mol. The van der Waals surface area contributed by atoms with E-state index in [9.17, 15) is 0 Å². The number of methoxy groups -OCH3 is 1. The molecule has 0 bridgehead atoms. The molecule has 0 atom stereocenters. The van der Waals surface area contributed by atoms with E-state index < -0.39 is 0 Å². The van der Waals surface area contributed by atoms with E-state index in [-0.39, 0.29) is 0 Å². The number of nitrogens with zero attached hydrogens (tertiary/aromatic N) is 1. The van der Waals surface area contributed by atoms with Crippen LogP contribution in [0.3, 0.4) is 0 Å². The number of ether oxygens (including phenoxy) is 1. The molecular weight excluding hydrogens is 154 g/mol. The number of rotatable bonds is 1. The molecule has 0 unspecified atom stereocenters. The standard InChI is InChI=1S/C9H9NO2/c1-6-10-8-5-7(11-2)3-4-9(8)12-6/h3-5H,1-2H3. The average Bonchev–Trinajstić information content (AvgIpc) is 2.43. The van der Waals surface area contributed by atoms with Crippen LogP contribution in [0.25, 0.3) is 11.1 Å². The lowest BCUT2D eigenvalue weighted by Gasteiger charge is -1.95. The predicted molar refractivity (Wildman–Crippen MR) is 45.3 cm³/mol. The van der Waals surface area contributed by atoms with Gasteiger partial charge in [0.05, 0.1) is 7.11 Å². The Kier molecular flexibility index (Phi) is 1.50. The fourth-order valence-electron chi connectivity index (χ4n) is 1.15. The summed E-state index contributed by atoms with van der Waals surface area (Å²) in [6, 6.07) is 5.56. The Morgan fingerprint density at radius 1 is 1.42 bits per heavy atom. The zero-order valence-corrected chi connectivity index (χ0v) is 7.00. The molecule has 0 amide bonds. The minimum atomic E-state index is 0.679. The summed E-state index contributed by atoms with van der Waals surface area (Å²) in [6.45, 7) is 1.83. The van der Waals surface area contributed by atoms with E-state index in [1.54, 1.807) is 7.11 Å². The second-order valence-corrected chi connectivity index (χ2v) is 2.57. The molecule has 0 radical (unpaired) electrons. The van der Waals surface area contributed by atoms with Crippen LogP contribution in [0.2, 0.25) is 0 Å². The molecule has 2 rings (SSSR count). The summed E-state index contributed by atoms with van der Waals surface area (Å²) in [7, 11) is 1.63. The fraction of sp³-hybridized carbons (Fsp3) is 0.222. The highest BCUT2D eigenvalue weighted by molar-refractivity contribution is 5.74. The van der Waals surface area contributed by atoms with Crippen LogP contribution in [-0.4, -0.2) is 12.1 Å². The van der Waals surface area contributed by atoms with E-state index in [2.05, 4.69) is 4.98 Å².